The van der Waals surface area contributed by atoms with Gasteiger partial charge in [-0.25, -0.2) is 0 Å². The van der Waals surface area contributed by atoms with Gasteiger partial charge in [0.1, 0.15) is 5.75 Å². The summed E-state index contributed by atoms with van der Waals surface area (Å²) in [5, 5.41) is 7.35. The molecule has 0 aromatic heterocycles. The molecule has 0 radical (unpaired) electrons. The Balaban J connectivity index is 2.34. The van der Waals surface area contributed by atoms with E-state index in [1.54, 1.807) is 30.3 Å². The normalized spacial score (nSPS) is 11.2. The molecule has 0 atom stereocenters. The first-order valence-corrected chi connectivity index (χ1v) is 16.0. The molecular formula is C26H6Cl14O2. The Morgan fingerprint density at radius 3 is 1.07 bits per heavy atom. The predicted molar refractivity (Wildman–Crippen MR) is 183 cm³/mol. The summed E-state index contributed by atoms with van der Waals surface area (Å²) < 4.78 is 5.50. The van der Waals surface area contributed by atoms with Crippen molar-refractivity contribution in [3.63, 3.8) is 0 Å². The third-order valence-electron chi connectivity index (χ3n) is 5.60. The van der Waals surface area contributed by atoms with Crippen molar-refractivity contribution < 1.29 is 9.84 Å². The third kappa shape index (κ3) is 6.18. The molecule has 220 valence electrons. The highest BCUT2D eigenvalue weighted by Crippen LogP contribution is 2.52. The Morgan fingerprint density at radius 2 is 0.714 bits per heavy atom. The van der Waals surface area contributed by atoms with Crippen molar-refractivity contribution in [1.82, 2.24) is 0 Å². The van der Waals surface area contributed by atoms with Gasteiger partial charge in [-0.1, -0.05) is 181 Å². The first-order valence-electron chi connectivity index (χ1n) is 10.7. The Kier molecular flexibility index (Phi) is 11.7. The zero-order valence-electron chi connectivity index (χ0n) is 19.5. The molecule has 0 fully saturated rings. The maximum atomic E-state index is 10.8. The molecule has 0 aliphatic heterocycles. The van der Waals surface area contributed by atoms with Crippen LogP contribution >= 0.6 is 162 Å². The summed E-state index contributed by atoms with van der Waals surface area (Å²) in [6.45, 7) is 0. The van der Waals surface area contributed by atoms with E-state index in [0.717, 1.165) is 0 Å². The molecule has 4 aromatic rings. The maximum absolute atomic E-state index is 10.8. The van der Waals surface area contributed by atoms with E-state index in [1.807, 2.05) is 0 Å². The number of halogens is 14. The summed E-state index contributed by atoms with van der Waals surface area (Å²) in [4.78, 5) is 0. The van der Waals surface area contributed by atoms with Crippen LogP contribution in [0.4, 0.5) is 0 Å². The number of benzene rings is 4. The van der Waals surface area contributed by atoms with Crippen LogP contribution in [0.5, 0.6) is 5.75 Å². The molecule has 4 aromatic carbocycles. The minimum atomic E-state index is -0.713. The van der Waals surface area contributed by atoms with Gasteiger partial charge in [-0.15, -0.1) is 0 Å². The molecule has 16 heteroatoms. The SMILES string of the molecule is OC(Oc1ccccc1)=c1c(Cl)c(Cl)c(=C(c2c(Cl)c(Cl)c(Cl)c(Cl)c2Cl)c2c(Cl)c(Cl)c(Cl)c(Cl)c2Cl)c(Cl)c1Cl. The fourth-order valence-corrected chi connectivity index (χ4v) is 7.57. The van der Waals surface area contributed by atoms with Crippen LogP contribution in [0, 0.1) is 0 Å². The van der Waals surface area contributed by atoms with Gasteiger partial charge in [-0.2, -0.15) is 0 Å². The van der Waals surface area contributed by atoms with Gasteiger partial charge in [0.05, 0.1) is 75.5 Å². The molecule has 2 nitrogen and oxygen atoms in total. The van der Waals surface area contributed by atoms with Gasteiger partial charge in [0.25, 0.3) is 5.95 Å². The zero-order chi connectivity index (χ0) is 31.4. The number of hydrogen-bond donors (Lipinski definition) is 1. The van der Waals surface area contributed by atoms with Crippen molar-refractivity contribution in [3.05, 3.63) is 122 Å². The van der Waals surface area contributed by atoms with Crippen molar-refractivity contribution in [1.29, 1.82) is 0 Å². The molecule has 0 saturated heterocycles. The van der Waals surface area contributed by atoms with Gasteiger partial charge in [0.2, 0.25) is 0 Å². The summed E-state index contributed by atoms with van der Waals surface area (Å²) in [5.74, 6) is -0.450. The minimum Gasteiger partial charge on any atom is -0.480 e. The standard InChI is InChI=1S/C26H6Cl14O2/c27-12-8(13(28)19(34)11(18(12)33)26(41)42-6-4-2-1-3-5-6)7(9-14(29)20(35)24(39)21(36)15(9)30)10-16(31)22(37)25(40)23(38)17(10)32/h1-5,41H. The lowest BCUT2D eigenvalue weighted by atomic mass is 9.94. The van der Waals surface area contributed by atoms with E-state index in [0.29, 0.717) is 0 Å². The molecule has 42 heavy (non-hydrogen) atoms. The van der Waals surface area contributed by atoms with E-state index >= 15 is 0 Å². The monoisotopic (exact) mass is 840 g/mol. The number of hydrogen-bond acceptors (Lipinski definition) is 2. The lowest BCUT2D eigenvalue weighted by molar-refractivity contribution is 0.311. The van der Waals surface area contributed by atoms with Crippen LogP contribution in [-0.4, -0.2) is 5.11 Å². The van der Waals surface area contributed by atoms with Crippen LogP contribution in [0.15, 0.2) is 30.3 Å². The van der Waals surface area contributed by atoms with Gasteiger partial charge < -0.3 is 9.84 Å². The largest absolute Gasteiger partial charge is 0.480 e. The van der Waals surface area contributed by atoms with Crippen molar-refractivity contribution in [3.8, 4) is 5.75 Å². The first-order chi connectivity index (χ1) is 19.6. The van der Waals surface area contributed by atoms with Gasteiger partial charge in [-0.05, 0) is 12.1 Å². The molecule has 0 aliphatic carbocycles. The van der Waals surface area contributed by atoms with E-state index in [4.69, 9.17) is 167 Å². The zero-order valence-corrected chi connectivity index (χ0v) is 30.1. The number of ether oxygens (including phenoxy) is 1. The summed E-state index contributed by atoms with van der Waals surface area (Å²) in [7, 11) is 0. The van der Waals surface area contributed by atoms with Crippen molar-refractivity contribution in [2.75, 3.05) is 0 Å². The number of para-hydroxylation sites is 1. The van der Waals surface area contributed by atoms with E-state index in [1.165, 1.54) is 0 Å². The second kappa shape index (κ2) is 14.0. The summed E-state index contributed by atoms with van der Waals surface area (Å²) in [6, 6.07) is 8.28. The van der Waals surface area contributed by atoms with Crippen LogP contribution in [0.25, 0.3) is 11.5 Å². The van der Waals surface area contributed by atoms with Gasteiger partial charge in [-0.3, -0.25) is 0 Å². The third-order valence-corrected chi connectivity index (χ3v) is 11.9. The lowest BCUT2D eigenvalue weighted by Gasteiger charge is -2.21. The Labute approximate surface area is 308 Å². The van der Waals surface area contributed by atoms with Crippen LogP contribution in [-0.2, 0) is 0 Å². The molecule has 0 heterocycles. The molecule has 1 N–H and O–H groups in total. The predicted octanol–water partition coefficient (Wildman–Crippen LogP) is 13.8. The molecule has 0 spiro atoms. The maximum Gasteiger partial charge on any atom is 0.292 e. The highest BCUT2D eigenvalue weighted by atomic mass is 35.5. The highest BCUT2D eigenvalue weighted by Gasteiger charge is 2.31. The van der Waals surface area contributed by atoms with Crippen LogP contribution in [0.2, 0.25) is 70.3 Å². The second-order valence-electron chi connectivity index (χ2n) is 7.99. The molecular weight excluding hydrogens is 841 g/mol. The molecule has 0 bridgehead atoms. The molecule has 0 amide bonds. The number of rotatable bonds is 4. The smallest absolute Gasteiger partial charge is 0.292 e. The van der Waals surface area contributed by atoms with Crippen molar-refractivity contribution in [2.24, 2.45) is 0 Å². The lowest BCUT2D eigenvalue weighted by Crippen LogP contribution is -2.23. The van der Waals surface area contributed by atoms with Crippen LogP contribution in [0.3, 0.4) is 0 Å². The Hall–Kier alpha value is 0.280. The van der Waals surface area contributed by atoms with Gasteiger partial charge in [0.15, 0.2) is 0 Å². The van der Waals surface area contributed by atoms with Crippen molar-refractivity contribution in [2.45, 2.75) is 0 Å². The molecule has 4 rings (SSSR count). The Bertz CT molecular complexity index is 1740. The van der Waals surface area contributed by atoms with E-state index < -0.39 is 5.95 Å². The molecule has 0 saturated carbocycles. The van der Waals surface area contributed by atoms with E-state index in [9.17, 15) is 5.11 Å². The second-order valence-corrected chi connectivity index (χ2v) is 13.3. The molecule has 0 aliphatic rings. The van der Waals surface area contributed by atoms with Crippen LogP contribution in [0.1, 0.15) is 11.1 Å². The summed E-state index contributed by atoms with van der Waals surface area (Å²) in [5.41, 5.74) is -0.323. The van der Waals surface area contributed by atoms with Gasteiger partial charge in [0, 0.05) is 21.9 Å². The molecule has 0 unspecified atom stereocenters. The number of aliphatic hydroxyl groups excluding tert-OH is 1. The van der Waals surface area contributed by atoms with E-state index in [2.05, 4.69) is 0 Å². The average molecular weight is 847 g/mol. The summed E-state index contributed by atoms with van der Waals surface area (Å²) in [6.07, 6.45) is 0. The number of aliphatic hydroxyl groups is 1. The highest BCUT2D eigenvalue weighted by molar-refractivity contribution is 6.58. The average Bonchev–Trinajstić information content (AvgIpc) is 2.96. The quantitative estimate of drug-likeness (QED) is 0.164. The van der Waals surface area contributed by atoms with E-state index in [-0.39, 0.29) is 103 Å². The fraction of sp³-hybridized carbons (Fsp3) is 0. The Morgan fingerprint density at radius 1 is 0.405 bits per heavy atom. The van der Waals surface area contributed by atoms with Gasteiger partial charge >= 0.3 is 0 Å². The van der Waals surface area contributed by atoms with Crippen molar-refractivity contribution >= 4 is 174 Å². The first kappa shape index (κ1) is 35.1. The minimum absolute atomic E-state index is 0.103. The fourth-order valence-electron chi connectivity index (χ4n) is 3.71. The van der Waals surface area contributed by atoms with Crippen LogP contribution < -0.4 is 15.2 Å². The topological polar surface area (TPSA) is 29.5 Å². The summed E-state index contributed by atoms with van der Waals surface area (Å²) >= 11 is 91.7.